The van der Waals surface area contributed by atoms with E-state index in [-0.39, 0.29) is 5.82 Å². The number of benzene rings is 1. The van der Waals surface area contributed by atoms with Crippen molar-refractivity contribution in [1.29, 1.82) is 0 Å². The molecular formula is C12H8FN3. The first kappa shape index (κ1) is 9.03. The van der Waals surface area contributed by atoms with Crippen molar-refractivity contribution in [2.24, 2.45) is 0 Å². The highest BCUT2D eigenvalue weighted by Crippen LogP contribution is 2.20. The second-order valence-corrected chi connectivity index (χ2v) is 3.48. The molecule has 0 atom stereocenters. The van der Waals surface area contributed by atoms with Gasteiger partial charge in [-0.1, -0.05) is 6.07 Å². The van der Waals surface area contributed by atoms with E-state index in [2.05, 4.69) is 10.2 Å². The van der Waals surface area contributed by atoms with Crippen molar-refractivity contribution in [1.82, 2.24) is 14.6 Å². The van der Waals surface area contributed by atoms with Crippen molar-refractivity contribution in [2.45, 2.75) is 0 Å². The number of halogens is 1. The van der Waals surface area contributed by atoms with Crippen LogP contribution >= 0.6 is 0 Å². The van der Waals surface area contributed by atoms with Crippen molar-refractivity contribution in [3.05, 3.63) is 54.6 Å². The van der Waals surface area contributed by atoms with E-state index < -0.39 is 0 Å². The summed E-state index contributed by atoms with van der Waals surface area (Å²) in [4.78, 5) is 0. The van der Waals surface area contributed by atoms with Gasteiger partial charge in [0.15, 0.2) is 5.65 Å². The number of rotatable bonds is 1. The van der Waals surface area contributed by atoms with Crippen LogP contribution in [0.15, 0.2) is 48.8 Å². The second-order valence-electron chi connectivity index (χ2n) is 3.48. The highest BCUT2D eigenvalue weighted by Gasteiger charge is 2.03. The first-order valence-corrected chi connectivity index (χ1v) is 4.89. The predicted molar refractivity (Wildman–Crippen MR) is 58.4 cm³/mol. The largest absolute Gasteiger partial charge is 0.282 e. The van der Waals surface area contributed by atoms with Crippen LogP contribution in [0.2, 0.25) is 0 Å². The highest BCUT2D eigenvalue weighted by atomic mass is 19.1. The van der Waals surface area contributed by atoms with Gasteiger partial charge >= 0.3 is 0 Å². The third-order valence-electron chi connectivity index (χ3n) is 2.47. The summed E-state index contributed by atoms with van der Waals surface area (Å²) in [5, 5.41) is 7.81. The normalized spacial score (nSPS) is 10.8. The Kier molecular flexibility index (Phi) is 1.93. The summed E-state index contributed by atoms with van der Waals surface area (Å²) in [6.07, 6.45) is 1.65. The van der Waals surface area contributed by atoms with Crippen molar-refractivity contribution < 1.29 is 4.39 Å². The van der Waals surface area contributed by atoms with E-state index in [0.29, 0.717) is 0 Å². The molecule has 2 aromatic heterocycles. The number of nitrogens with zero attached hydrogens (tertiary/aromatic N) is 3. The molecule has 0 amide bonds. The lowest BCUT2D eigenvalue weighted by atomic mass is 10.1. The van der Waals surface area contributed by atoms with Crippen LogP contribution in [0.25, 0.3) is 16.9 Å². The Morgan fingerprint density at radius 2 is 1.81 bits per heavy atom. The molecule has 4 heteroatoms. The molecule has 0 aliphatic carbocycles. The van der Waals surface area contributed by atoms with E-state index >= 15 is 0 Å². The third-order valence-corrected chi connectivity index (χ3v) is 2.47. The molecule has 0 N–H and O–H groups in total. The molecule has 0 saturated carbocycles. The van der Waals surface area contributed by atoms with Gasteiger partial charge in [0.25, 0.3) is 0 Å². The van der Waals surface area contributed by atoms with E-state index in [1.807, 2.05) is 22.6 Å². The Morgan fingerprint density at radius 3 is 2.62 bits per heavy atom. The molecule has 16 heavy (non-hydrogen) atoms. The van der Waals surface area contributed by atoms with Crippen molar-refractivity contribution in [3.8, 4) is 11.3 Å². The number of hydrogen-bond acceptors (Lipinski definition) is 2. The second kappa shape index (κ2) is 3.41. The zero-order chi connectivity index (χ0) is 11.0. The van der Waals surface area contributed by atoms with Crippen molar-refractivity contribution in [3.63, 3.8) is 0 Å². The molecule has 3 nitrogen and oxygen atoms in total. The zero-order valence-corrected chi connectivity index (χ0v) is 8.34. The molecule has 0 fully saturated rings. The summed E-state index contributed by atoms with van der Waals surface area (Å²) in [5.74, 6) is -0.236. The Hall–Kier alpha value is -2.23. The minimum absolute atomic E-state index is 0.236. The van der Waals surface area contributed by atoms with E-state index in [9.17, 15) is 4.39 Å². The summed E-state index contributed by atoms with van der Waals surface area (Å²) < 4.78 is 14.7. The number of hydrogen-bond donors (Lipinski definition) is 0. The molecule has 0 aliphatic rings. The van der Waals surface area contributed by atoms with Gasteiger partial charge in [0.1, 0.15) is 12.1 Å². The van der Waals surface area contributed by atoms with Crippen molar-refractivity contribution >= 4 is 5.65 Å². The average Bonchev–Trinajstić information content (AvgIpc) is 2.78. The van der Waals surface area contributed by atoms with Crippen LogP contribution in [0.4, 0.5) is 4.39 Å². The quantitative estimate of drug-likeness (QED) is 0.621. The number of fused-ring (bicyclic) bond motifs is 1. The van der Waals surface area contributed by atoms with Crippen LogP contribution in [0.1, 0.15) is 0 Å². The van der Waals surface area contributed by atoms with E-state index in [0.717, 1.165) is 16.9 Å². The summed E-state index contributed by atoms with van der Waals surface area (Å²) >= 11 is 0. The molecule has 0 aliphatic heterocycles. The molecule has 1 aromatic carbocycles. The highest BCUT2D eigenvalue weighted by molar-refractivity contribution is 5.62. The maximum atomic E-state index is 12.8. The minimum Gasteiger partial charge on any atom is -0.282 e. The van der Waals surface area contributed by atoms with Gasteiger partial charge in [-0.05, 0) is 42.0 Å². The van der Waals surface area contributed by atoms with Crippen LogP contribution in [0.3, 0.4) is 0 Å². The van der Waals surface area contributed by atoms with Gasteiger partial charge in [0.05, 0.1) is 5.69 Å². The van der Waals surface area contributed by atoms with Crippen molar-refractivity contribution in [2.75, 3.05) is 0 Å². The maximum absolute atomic E-state index is 12.8. The first-order chi connectivity index (χ1) is 7.84. The fourth-order valence-corrected chi connectivity index (χ4v) is 1.70. The molecule has 0 unspecified atom stereocenters. The molecule has 0 radical (unpaired) electrons. The van der Waals surface area contributed by atoms with Gasteiger partial charge in [0.2, 0.25) is 0 Å². The summed E-state index contributed by atoms with van der Waals surface area (Å²) in [7, 11) is 0. The third kappa shape index (κ3) is 1.35. The van der Waals surface area contributed by atoms with Crippen LogP contribution in [-0.4, -0.2) is 14.6 Å². The summed E-state index contributed by atoms with van der Waals surface area (Å²) in [6.45, 7) is 0. The molecular weight excluding hydrogens is 205 g/mol. The van der Waals surface area contributed by atoms with E-state index in [1.54, 1.807) is 18.5 Å². The Morgan fingerprint density at radius 1 is 1.00 bits per heavy atom. The molecule has 0 bridgehead atoms. The minimum atomic E-state index is -0.236. The Balaban J connectivity index is 2.25. The lowest BCUT2D eigenvalue weighted by Crippen LogP contribution is -1.90. The fraction of sp³-hybridized carbons (Fsp3) is 0. The smallest absolute Gasteiger partial charge is 0.161 e. The standard InChI is InChI=1S/C12H8FN3/c13-10-6-4-9(5-7-10)11-2-1-3-12-15-14-8-16(11)12/h1-8H. The first-order valence-electron chi connectivity index (χ1n) is 4.89. The van der Waals surface area contributed by atoms with Gasteiger partial charge in [-0.2, -0.15) is 0 Å². The molecule has 78 valence electrons. The zero-order valence-electron chi connectivity index (χ0n) is 8.34. The molecule has 0 spiro atoms. The van der Waals surface area contributed by atoms with Crippen LogP contribution in [-0.2, 0) is 0 Å². The number of aromatic nitrogens is 3. The van der Waals surface area contributed by atoms with Gasteiger partial charge in [-0.25, -0.2) is 4.39 Å². The van der Waals surface area contributed by atoms with Crippen LogP contribution in [0.5, 0.6) is 0 Å². The SMILES string of the molecule is Fc1ccc(-c2cccc3nncn23)cc1. The number of pyridine rings is 1. The van der Waals surface area contributed by atoms with Gasteiger partial charge < -0.3 is 0 Å². The van der Waals surface area contributed by atoms with Gasteiger partial charge in [0, 0.05) is 0 Å². The van der Waals surface area contributed by atoms with Gasteiger partial charge in [-0.15, -0.1) is 10.2 Å². The van der Waals surface area contributed by atoms with E-state index in [4.69, 9.17) is 0 Å². The van der Waals surface area contributed by atoms with Crippen LogP contribution in [0, 0.1) is 5.82 Å². The van der Waals surface area contributed by atoms with Crippen LogP contribution < -0.4 is 0 Å². The summed E-state index contributed by atoms with van der Waals surface area (Å²) in [6, 6.07) is 12.1. The van der Waals surface area contributed by atoms with Gasteiger partial charge in [-0.3, -0.25) is 4.40 Å². The monoisotopic (exact) mass is 213 g/mol. The molecule has 3 rings (SSSR count). The predicted octanol–water partition coefficient (Wildman–Crippen LogP) is 2.54. The molecule has 3 aromatic rings. The summed E-state index contributed by atoms with van der Waals surface area (Å²) in [5.41, 5.74) is 2.66. The molecule has 0 saturated heterocycles. The molecule has 2 heterocycles. The lowest BCUT2D eigenvalue weighted by molar-refractivity contribution is 0.628. The Bertz CT molecular complexity index is 628. The maximum Gasteiger partial charge on any atom is 0.161 e. The lowest BCUT2D eigenvalue weighted by Gasteiger charge is -2.04. The Labute approximate surface area is 91.2 Å². The fourth-order valence-electron chi connectivity index (χ4n) is 1.70. The van der Waals surface area contributed by atoms with E-state index in [1.165, 1.54) is 12.1 Å². The topological polar surface area (TPSA) is 30.2 Å². The average molecular weight is 213 g/mol.